The van der Waals surface area contributed by atoms with Gasteiger partial charge >= 0.3 is 0 Å². The highest BCUT2D eigenvalue weighted by Crippen LogP contribution is 2.20. The number of fused-ring (bicyclic) bond motifs is 1. The molecule has 0 amide bonds. The van der Waals surface area contributed by atoms with Crippen LogP contribution in [0.1, 0.15) is 6.42 Å². The molecular weight excluding hydrogens is 197 g/mol. The summed E-state index contributed by atoms with van der Waals surface area (Å²) in [4.78, 5) is 3.99. The van der Waals surface area contributed by atoms with Gasteiger partial charge in [0.05, 0.1) is 0 Å². The average Bonchev–Trinajstić information content (AvgIpc) is 2.63. The maximum absolute atomic E-state index is 13.2. The van der Waals surface area contributed by atoms with Gasteiger partial charge in [0.15, 0.2) is 11.4 Å². The molecule has 3 N–H and O–H groups in total. The summed E-state index contributed by atoms with van der Waals surface area (Å²) in [5.41, 5.74) is 6.05. The minimum absolute atomic E-state index is 0.257. The molecule has 2 aromatic rings. The zero-order valence-corrected chi connectivity index (χ0v) is 8.16. The van der Waals surface area contributed by atoms with Crippen LogP contribution < -0.4 is 11.1 Å². The first-order valence-corrected chi connectivity index (χ1v) is 4.80. The molecule has 0 bridgehead atoms. The Labute approximate surface area is 86.3 Å². The summed E-state index contributed by atoms with van der Waals surface area (Å²) in [5.74, 6) is -0.372. The molecule has 0 fully saturated rings. The lowest BCUT2D eigenvalue weighted by atomic mass is 10.3. The molecule has 0 aliphatic carbocycles. The Bertz CT molecular complexity index is 455. The highest BCUT2D eigenvalue weighted by Gasteiger charge is 2.08. The second-order valence-electron chi connectivity index (χ2n) is 3.17. The number of nitrogens with two attached hydrogens (primary N) is 1. The van der Waals surface area contributed by atoms with Gasteiger partial charge in [-0.05, 0) is 25.1 Å². The molecule has 0 aliphatic rings. The van der Waals surface area contributed by atoms with E-state index in [1.807, 2.05) is 0 Å². The van der Waals surface area contributed by atoms with Crippen LogP contribution in [0.25, 0.3) is 11.1 Å². The van der Waals surface area contributed by atoms with Gasteiger partial charge in [0, 0.05) is 6.54 Å². The van der Waals surface area contributed by atoms with Gasteiger partial charge in [-0.1, -0.05) is 6.07 Å². The van der Waals surface area contributed by atoms with Gasteiger partial charge in [-0.3, -0.25) is 0 Å². The van der Waals surface area contributed by atoms with Crippen molar-refractivity contribution in [3.05, 3.63) is 24.0 Å². The summed E-state index contributed by atoms with van der Waals surface area (Å²) >= 11 is 0. The van der Waals surface area contributed by atoms with E-state index < -0.39 is 0 Å². The normalized spacial score (nSPS) is 10.8. The monoisotopic (exact) mass is 209 g/mol. The van der Waals surface area contributed by atoms with E-state index in [0.717, 1.165) is 6.42 Å². The lowest BCUT2D eigenvalue weighted by Gasteiger charge is -1.97. The summed E-state index contributed by atoms with van der Waals surface area (Å²) in [7, 11) is 0. The van der Waals surface area contributed by atoms with Gasteiger partial charge in [0.1, 0.15) is 5.52 Å². The number of rotatable bonds is 4. The molecule has 2 rings (SSSR count). The quantitative estimate of drug-likeness (QED) is 0.752. The molecule has 0 unspecified atom stereocenters. The first-order valence-electron chi connectivity index (χ1n) is 4.80. The standard InChI is InChI=1S/C10H12FN3O/c11-7-3-1-4-8-9(7)14-10(15-8)13-6-2-5-12/h1,3-4H,2,5-6,12H2,(H,13,14). The van der Waals surface area contributed by atoms with Gasteiger partial charge in [-0.2, -0.15) is 4.98 Å². The third kappa shape index (κ3) is 2.07. The van der Waals surface area contributed by atoms with E-state index in [-0.39, 0.29) is 11.3 Å². The Balaban J connectivity index is 2.20. The van der Waals surface area contributed by atoms with E-state index in [0.29, 0.717) is 24.7 Å². The summed E-state index contributed by atoms with van der Waals surface area (Å²) < 4.78 is 18.5. The smallest absolute Gasteiger partial charge is 0.295 e. The fraction of sp³-hybridized carbons (Fsp3) is 0.300. The molecule has 1 aromatic heterocycles. The van der Waals surface area contributed by atoms with Crippen LogP contribution in [-0.4, -0.2) is 18.1 Å². The molecular formula is C10H12FN3O. The number of nitrogens with zero attached hydrogens (tertiary/aromatic N) is 1. The topological polar surface area (TPSA) is 64.1 Å². The molecule has 1 heterocycles. The highest BCUT2D eigenvalue weighted by atomic mass is 19.1. The van der Waals surface area contributed by atoms with Crippen molar-refractivity contribution in [3.63, 3.8) is 0 Å². The van der Waals surface area contributed by atoms with E-state index in [1.54, 1.807) is 12.1 Å². The van der Waals surface area contributed by atoms with E-state index in [4.69, 9.17) is 10.2 Å². The first-order chi connectivity index (χ1) is 7.31. The van der Waals surface area contributed by atoms with Gasteiger partial charge in [0.25, 0.3) is 6.01 Å². The number of para-hydroxylation sites is 1. The van der Waals surface area contributed by atoms with Crippen molar-refractivity contribution in [2.75, 3.05) is 18.4 Å². The van der Waals surface area contributed by atoms with Gasteiger partial charge < -0.3 is 15.5 Å². The zero-order chi connectivity index (χ0) is 10.7. The Kier molecular flexibility index (Phi) is 2.82. The van der Waals surface area contributed by atoms with Crippen LogP contribution in [0.2, 0.25) is 0 Å². The second-order valence-corrected chi connectivity index (χ2v) is 3.17. The van der Waals surface area contributed by atoms with Crippen LogP contribution in [0.5, 0.6) is 0 Å². The molecule has 0 radical (unpaired) electrons. The number of oxazole rings is 1. The molecule has 0 atom stereocenters. The van der Waals surface area contributed by atoms with Crippen LogP contribution in [0.4, 0.5) is 10.4 Å². The number of benzene rings is 1. The maximum atomic E-state index is 13.2. The number of aromatic nitrogens is 1. The summed E-state index contributed by atoms with van der Waals surface area (Å²) in [6.45, 7) is 1.27. The van der Waals surface area contributed by atoms with Crippen LogP contribution in [0.15, 0.2) is 22.6 Å². The van der Waals surface area contributed by atoms with E-state index in [2.05, 4.69) is 10.3 Å². The molecule has 0 saturated carbocycles. The molecule has 0 spiro atoms. The Morgan fingerprint density at radius 2 is 2.33 bits per heavy atom. The minimum atomic E-state index is -0.372. The molecule has 0 saturated heterocycles. The predicted molar refractivity (Wildman–Crippen MR) is 56.1 cm³/mol. The minimum Gasteiger partial charge on any atom is -0.423 e. The molecule has 0 aliphatic heterocycles. The van der Waals surface area contributed by atoms with Crippen LogP contribution in [0.3, 0.4) is 0 Å². The predicted octanol–water partition coefficient (Wildman–Crippen LogP) is 1.73. The highest BCUT2D eigenvalue weighted by molar-refractivity contribution is 5.74. The molecule has 15 heavy (non-hydrogen) atoms. The van der Waals surface area contributed by atoms with Crippen molar-refractivity contribution in [1.82, 2.24) is 4.98 Å². The largest absolute Gasteiger partial charge is 0.423 e. The molecule has 4 nitrogen and oxygen atoms in total. The van der Waals surface area contributed by atoms with Crippen LogP contribution in [0, 0.1) is 5.82 Å². The van der Waals surface area contributed by atoms with E-state index in [9.17, 15) is 4.39 Å². The fourth-order valence-electron chi connectivity index (χ4n) is 1.29. The number of halogens is 1. The summed E-state index contributed by atoms with van der Waals surface area (Å²) in [6.07, 6.45) is 0.821. The Morgan fingerprint density at radius 1 is 1.47 bits per heavy atom. The Morgan fingerprint density at radius 3 is 3.07 bits per heavy atom. The number of hydrogen-bond donors (Lipinski definition) is 2. The van der Waals surface area contributed by atoms with Crippen molar-refractivity contribution < 1.29 is 8.81 Å². The van der Waals surface area contributed by atoms with Gasteiger partial charge in [0.2, 0.25) is 0 Å². The van der Waals surface area contributed by atoms with Crippen molar-refractivity contribution >= 4 is 17.1 Å². The molecule has 1 aromatic carbocycles. The van der Waals surface area contributed by atoms with Crippen molar-refractivity contribution in [1.29, 1.82) is 0 Å². The zero-order valence-electron chi connectivity index (χ0n) is 8.16. The third-order valence-corrected chi connectivity index (χ3v) is 2.03. The lowest BCUT2D eigenvalue weighted by Crippen LogP contribution is -2.08. The van der Waals surface area contributed by atoms with Crippen LogP contribution in [-0.2, 0) is 0 Å². The summed E-state index contributed by atoms with van der Waals surface area (Å²) in [5, 5.41) is 2.94. The summed E-state index contributed by atoms with van der Waals surface area (Å²) in [6, 6.07) is 4.96. The lowest BCUT2D eigenvalue weighted by molar-refractivity contribution is 0.611. The number of hydrogen-bond acceptors (Lipinski definition) is 4. The van der Waals surface area contributed by atoms with Crippen molar-refractivity contribution in [2.45, 2.75) is 6.42 Å². The van der Waals surface area contributed by atoms with Crippen molar-refractivity contribution in [2.24, 2.45) is 5.73 Å². The average molecular weight is 209 g/mol. The fourth-order valence-corrected chi connectivity index (χ4v) is 1.29. The van der Waals surface area contributed by atoms with E-state index in [1.165, 1.54) is 6.07 Å². The SMILES string of the molecule is NCCCNc1nc2c(F)cccc2o1. The van der Waals surface area contributed by atoms with Gasteiger partial charge in [-0.15, -0.1) is 0 Å². The van der Waals surface area contributed by atoms with E-state index >= 15 is 0 Å². The maximum Gasteiger partial charge on any atom is 0.295 e. The number of nitrogens with one attached hydrogen (secondary N) is 1. The first kappa shape index (κ1) is 9.92. The van der Waals surface area contributed by atoms with Crippen LogP contribution >= 0.6 is 0 Å². The second kappa shape index (κ2) is 4.27. The third-order valence-electron chi connectivity index (χ3n) is 2.03. The molecule has 5 heteroatoms. The molecule has 80 valence electrons. The van der Waals surface area contributed by atoms with Gasteiger partial charge in [-0.25, -0.2) is 4.39 Å². The number of anilines is 1. The Hall–Kier alpha value is -1.62. The van der Waals surface area contributed by atoms with Crippen molar-refractivity contribution in [3.8, 4) is 0 Å².